The van der Waals surface area contributed by atoms with Crippen molar-refractivity contribution in [3.8, 4) is 11.1 Å². The molecule has 1 heterocycles. The number of carboxylic acid groups (broad SMARTS) is 1. The molecule has 3 rings (SSSR count). The molecule has 0 bridgehead atoms. The number of fused-ring (bicyclic) bond motifs is 1. The number of aldehydes is 1. The number of nitrogens with one attached hydrogen (secondary N) is 1. The minimum absolute atomic E-state index is 0.225. The van der Waals surface area contributed by atoms with Crippen molar-refractivity contribution in [3.05, 3.63) is 59.8 Å². The number of aromatic carboxylic acids is 1. The minimum atomic E-state index is -0.969. The van der Waals surface area contributed by atoms with Crippen LogP contribution >= 0.6 is 0 Å². The molecule has 0 atom stereocenters. The first-order valence-electron chi connectivity index (χ1n) is 8.09. The molecular formula is C20H23NO3. The molecule has 0 amide bonds. The van der Waals surface area contributed by atoms with E-state index < -0.39 is 5.97 Å². The van der Waals surface area contributed by atoms with Crippen LogP contribution in [0.4, 0.5) is 0 Å². The van der Waals surface area contributed by atoms with Crippen molar-refractivity contribution in [1.82, 2.24) is 4.98 Å². The Morgan fingerprint density at radius 2 is 1.75 bits per heavy atom. The van der Waals surface area contributed by atoms with Gasteiger partial charge in [-0.3, -0.25) is 4.79 Å². The molecule has 0 saturated heterocycles. The Morgan fingerprint density at radius 3 is 2.38 bits per heavy atom. The lowest BCUT2D eigenvalue weighted by molar-refractivity contribution is 0.0696. The first-order valence-corrected chi connectivity index (χ1v) is 8.09. The van der Waals surface area contributed by atoms with Crippen molar-refractivity contribution in [1.29, 1.82) is 0 Å². The fraction of sp³-hybridized carbons (Fsp3) is 0.200. The van der Waals surface area contributed by atoms with Gasteiger partial charge in [0.25, 0.3) is 0 Å². The first kappa shape index (κ1) is 19.2. The zero-order chi connectivity index (χ0) is 18.1. The maximum absolute atomic E-state index is 11.1. The summed E-state index contributed by atoms with van der Waals surface area (Å²) in [4.78, 5) is 25.1. The van der Waals surface area contributed by atoms with Crippen molar-refractivity contribution in [2.75, 3.05) is 0 Å². The highest BCUT2D eigenvalue weighted by atomic mass is 16.4. The standard InChI is InChI=1S/C16H11NO3.2C2H6/c18-9-10-6-14(13-4-5-17-15(13)7-10)11-2-1-3-12(8-11)16(19)20;2*1-2/h1-9,17H,(H,19,20);2*1-2H3. The van der Waals surface area contributed by atoms with Crippen LogP contribution in [-0.2, 0) is 0 Å². The fourth-order valence-corrected chi connectivity index (χ4v) is 2.32. The summed E-state index contributed by atoms with van der Waals surface area (Å²) in [5, 5.41) is 10.0. The first-order chi connectivity index (χ1) is 11.7. The van der Waals surface area contributed by atoms with E-state index in [1.807, 2.05) is 39.8 Å². The highest BCUT2D eigenvalue weighted by Gasteiger charge is 2.09. The molecule has 0 aliphatic carbocycles. The van der Waals surface area contributed by atoms with E-state index in [2.05, 4.69) is 4.98 Å². The SMILES string of the molecule is CC.CC.O=Cc1cc(-c2cccc(C(=O)O)c2)c2cc[nH]c2c1. The third-order valence-corrected chi connectivity index (χ3v) is 3.25. The van der Waals surface area contributed by atoms with Crippen LogP contribution in [0.5, 0.6) is 0 Å². The maximum atomic E-state index is 11.1. The number of carbonyl (C=O) groups is 2. The second kappa shape index (κ2) is 9.30. The third-order valence-electron chi connectivity index (χ3n) is 3.25. The molecule has 0 spiro atoms. The van der Waals surface area contributed by atoms with Gasteiger partial charge in [0.1, 0.15) is 6.29 Å². The van der Waals surface area contributed by atoms with Crippen LogP contribution in [0.2, 0.25) is 0 Å². The zero-order valence-corrected chi connectivity index (χ0v) is 14.5. The van der Waals surface area contributed by atoms with Crippen LogP contribution in [0.1, 0.15) is 48.4 Å². The average molecular weight is 325 g/mol. The van der Waals surface area contributed by atoms with Crippen LogP contribution < -0.4 is 0 Å². The predicted octanol–water partition coefficient (Wildman–Crippen LogP) is 5.40. The molecule has 2 aromatic carbocycles. The minimum Gasteiger partial charge on any atom is -0.478 e. The van der Waals surface area contributed by atoms with Crippen molar-refractivity contribution < 1.29 is 14.7 Å². The van der Waals surface area contributed by atoms with Gasteiger partial charge < -0.3 is 10.1 Å². The lowest BCUT2D eigenvalue weighted by atomic mass is 9.98. The van der Waals surface area contributed by atoms with Gasteiger partial charge in [0.05, 0.1) is 5.56 Å². The Labute approximate surface area is 142 Å². The molecule has 0 saturated carbocycles. The van der Waals surface area contributed by atoms with Gasteiger partial charge in [-0.15, -0.1) is 0 Å². The lowest BCUT2D eigenvalue weighted by Gasteiger charge is -2.06. The largest absolute Gasteiger partial charge is 0.478 e. The predicted molar refractivity (Wildman–Crippen MR) is 98.8 cm³/mol. The van der Waals surface area contributed by atoms with E-state index in [0.29, 0.717) is 5.56 Å². The summed E-state index contributed by atoms with van der Waals surface area (Å²) in [7, 11) is 0. The zero-order valence-electron chi connectivity index (χ0n) is 14.5. The molecule has 0 aliphatic heterocycles. The van der Waals surface area contributed by atoms with Gasteiger partial charge in [0, 0.05) is 22.7 Å². The Hall–Kier alpha value is -2.88. The molecule has 0 unspecified atom stereocenters. The summed E-state index contributed by atoms with van der Waals surface area (Å²) in [6, 6.07) is 12.1. The van der Waals surface area contributed by atoms with Crippen molar-refractivity contribution in [2.45, 2.75) is 27.7 Å². The highest BCUT2D eigenvalue weighted by molar-refractivity contribution is 6.00. The van der Waals surface area contributed by atoms with E-state index in [0.717, 1.165) is 28.3 Å². The third kappa shape index (κ3) is 4.10. The molecule has 126 valence electrons. The van der Waals surface area contributed by atoms with Crippen LogP contribution in [0.3, 0.4) is 0 Å². The number of H-pyrrole nitrogens is 1. The van der Waals surface area contributed by atoms with Crippen LogP contribution in [0.25, 0.3) is 22.0 Å². The highest BCUT2D eigenvalue weighted by Crippen LogP contribution is 2.30. The van der Waals surface area contributed by atoms with Crippen molar-refractivity contribution in [2.24, 2.45) is 0 Å². The van der Waals surface area contributed by atoms with Crippen LogP contribution in [0, 0.1) is 0 Å². The molecule has 0 radical (unpaired) electrons. The van der Waals surface area contributed by atoms with Gasteiger partial charge >= 0.3 is 5.97 Å². The molecule has 4 heteroatoms. The van der Waals surface area contributed by atoms with E-state index in [1.165, 1.54) is 0 Å². The number of hydrogen-bond donors (Lipinski definition) is 2. The second-order valence-electron chi connectivity index (χ2n) is 4.51. The molecule has 3 aromatic rings. The topological polar surface area (TPSA) is 70.2 Å². The van der Waals surface area contributed by atoms with Gasteiger partial charge in [-0.1, -0.05) is 39.8 Å². The van der Waals surface area contributed by atoms with Gasteiger partial charge in [-0.2, -0.15) is 0 Å². The quantitative estimate of drug-likeness (QED) is 0.634. The maximum Gasteiger partial charge on any atom is 0.335 e. The summed E-state index contributed by atoms with van der Waals surface area (Å²) in [5.74, 6) is -0.969. The normalized spacial score (nSPS) is 9.33. The Kier molecular flexibility index (Phi) is 7.43. The number of carbonyl (C=O) groups excluding carboxylic acids is 1. The van der Waals surface area contributed by atoms with Gasteiger partial charge in [-0.05, 0) is 41.5 Å². The molecule has 0 aliphatic rings. The summed E-state index contributed by atoms with van der Waals surface area (Å²) in [6.45, 7) is 8.00. The molecule has 4 nitrogen and oxygen atoms in total. The molecule has 0 fully saturated rings. The number of aromatic nitrogens is 1. The number of hydrogen-bond acceptors (Lipinski definition) is 2. The van der Waals surface area contributed by atoms with Crippen molar-refractivity contribution >= 4 is 23.2 Å². The monoisotopic (exact) mass is 325 g/mol. The molecular weight excluding hydrogens is 302 g/mol. The number of aromatic amines is 1. The van der Waals surface area contributed by atoms with E-state index in [-0.39, 0.29) is 5.56 Å². The van der Waals surface area contributed by atoms with E-state index in [4.69, 9.17) is 5.11 Å². The van der Waals surface area contributed by atoms with E-state index >= 15 is 0 Å². The Morgan fingerprint density at radius 1 is 1.04 bits per heavy atom. The number of rotatable bonds is 3. The van der Waals surface area contributed by atoms with Gasteiger partial charge in [0.15, 0.2) is 0 Å². The fourth-order valence-electron chi connectivity index (χ4n) is 2.32. The second-order valence-corrected chi connectivity index (χ2v) is 4.51. The smallest absolute Gasteiger partial charge is 0.335 e. The van der Waals surface area contributed by atoms with Crippen molar-refractivity contribution in [3.63, 3.8) is 0 Å². The molecule has 2 N–H and O–H groups in total. The van der Waals surface area contributed by atoms with Gasteiger partial charge in [-0.25, -0.2) is 4.79 Å². The Bertz CT molecular complexity index is 819. The summed E-state index contributed by atoms with van der Waals surface area (Å²) >= 11 is 0. The summed E-state index contributed by atoms with van der Waals surface area (Å²) in [6.07, 6.45) is 2.58. The molecule has 1 aromatic heterocycles. The lowest BCUT2D eigenvalue weighted by Crippen LogP contribution is -1.96. The summed E-state index contributed by atoms with van der Waals surface area (Å²) in [5.41, 5.74) is 3.25. The Balaban J connectivity index is 0.000000671. The number of benzene rings is 2. The van der Waals surface area contributed by atoms with Gasteiger partial charge in [0.2, 0.25) is 0 Å². The average Bonchev–Trinajstić information content (AvgIpc) is 3.12. The summed E-state index contributed by atoms with van der Waals surface area (Å²) < 4.78 is 0. The number of carboxylic acids is 1. The van der Waals surface area contributed by atoms with Crippen LogP contribution in [0.15, 0.2) is 48.7 Å². The van der Waals surface area contributed by atoms with E-state index in [1.54, 1.807) is 36.5 Å². The van der Waals surface area contributed by atoms with Crippen LogP contribution in [-0.4, -0.2) is 22.3 Å². The van der Waals surface area contributed by atoms with E-state index in [9.17, 15) is 9.59 Å². The molecule has 24 heavy (non-hydrogen) atoms.